The average Bonchev–Trinajstić information content (AvgIpc) is 2.80. The highest BCUT2D eigenvalue weighted by molar-refractivity contribution is 5.80. The third-order valence-corrected chi connectivity index (χ3v) is 5.04. The maximum Gasteiger partial charge on any atom is 0.191 e. The van der Waals surface area contributed by atoms with Crippen molar-refractivity contribution in [3.63, 3.8) is 0 Å². The van der Waals surface area contributed by atoms with Gasteiger partial charge in [0.1, 0.15) is 17.3 Å². The van der Waals surface area contributed by atoms with Crippen LogP contribution >= 0.6 is 0 Å². The number of ether oxygens (including phenoxy) is 2. The lowest BCUT2D eigenvalue weighted by Gasteiger charge is -2.33. The van der Waals surface area contributed by atoms with Crippen molar-refractivity contribution in [3.05, 3.63) is 48.7 Å². The molecule has 30 heavy (non-hydrogen) atoms. The van der Waals surface area contributed by atoms with E-state index in [-0.39, 0.29) is 0 Å². The topological polar surface area (TPSA) is 71.0 Å². The second kappa shape index (κ2) is 11.9. The van der Waals surface area contributed by atoms with E-state index in [1.54, 1.807) is 7.11 Å². The fourth-order valence-electron chi connectivity index (χ4n) is 3.44. The number of nitrogens with zero attached hydrogens (tertiary/aromatic N) is 3. The molecule has 0 radical (unpaired) electrons. The zero-order valence-electron chi connectivity index (χ0n) is 18.0. The van der Waals surface area contributed by atoms with Gasteiger partial charge < -0.3 is 25.0 Å². The van der Waals surface area contributed by atoms with Crippen molar-refractivity contribution in [1.29, 1.82) is 0 Å². The Morgan fingerprint density at radius 3 is 2.73 bits per heavy atom. The number of rotatable bonds is 9. The molecule has 2 aromatic rings. The molecule has 0 saturated carbocycles. The Kier molecular flexibility index (Phi) is 8.62. The summed E-state index contributed by atoms with van der Waals surface area (Å²) in [6, 6.07) is 14.2. The maximum absolute atomic E-state index is 5.79. The van der Waals surface area contributed by atoms with Gasteiger partial charge in [0.25, 0.3) is 0 Å². The molecule has 0 atom stereocenters. The van der Waals surface area contributed by atoms with E-state index < -0.39 is 0 Å². The van der Waals surface area contributed by atoms with Crippen molar-refractivity contribution in [2.75, 3.05) is 44.8 Å². The molecule has 1 aliphatic rings. The fraction of sp³-hybridized carbons (Fsp3) is 0.478. The number of hydrogen-bond donors (Lipinski definition) is 2. The van der Waals surface area contributed by atoms with Crippen LogP contribution in [0.4, 0.5) is 5.82 Å². The lowest BCUT2D eigenvalue weighted by Crippen LogP contribution is -2.49. The van der Waals surface area contributed by atoms with Gasteiger partial charge in [-0.3, -0.25) is 4.99 Å². The first-order valence-electron chi connectivity index (χ1n) is 10.8. The van der Waals surface area contributed by atoms with Gasteiger partial charge in [0.2, 0.25) is 0 Å². The Labute approximate surface area is 179 Å². The number of anilines is 1. The lowest BCUT2D eigenvalue weighted by molar-refractivity contribution is 0.311. The van der Waals surface area contributed by atoms with E-state index in [0.717, 1.165) is 62.2 Å². The summed E-state index contributed by atoms with van der Waals surface area (Å²) in [7, 11) is 1.66. The third kappa shape index (κ3) is 6.83. The van der Waals surface area contributed by atoms with Gasteiger partial charge in [0.05, 0.1) is 13.7 Å². The van der Waals surface area contributed by atoms with Crippen LogP contribution in [0, 0.1) is 0 Å². The molecule has 3 rings (SSSR count). The molecule has 0 bridgehead atoms. The first kappa shape index (κ1) is 21.7. The molecule has 7 heteroatoms. The SMILES string of the molecule is CCNC(=NCCCOc1cccc(OC)c1)NC1CCN(c2ccccn2)CC1. The standard InChI is InChI=1S/C23H33N5O2/c1-3-24-23(26-14-7-17-30-21-9-6-8-20(18-21)29-2)27-19-11-15-28(16-12-19)22-10-4-5-13-25-22/h4-6,8-10,13,18-19H,3,7,11-12,14-17H2,1-2H3,(H2,24,26,27). The molecule has 7 nitrogen and oxygen atoms in total. The molecule has 1 aromatic heterocycles. The van der Waals surface area contributed by atoms with Crippen molar-refractivity contribution in [1.82, 2.24) is 15.6 Å². The summed E-state index contributed by atoms with van der Waals surface area (Å²) >= 11 is 0. The number of hydrogen-bond acceptors (Lipinski definition) is 5. The third-order valence-electron chi connectivity index (χ3n) is 5.04. The van der Waals surface area contributed by atoms with E-state index in [4.69, 9.17) is 14.5 Å². The van der Waals surface area contributed by atoms with Crippen LogP contribution in [0.2, 0.25) is 0 Å². The lowest BCUT2D eigenvalue weighted by atomic mass is 10.1. The number of pyridine rings is 1. The van der Waals surface area contributed by atoms with Gasteiger partial charge in [-0.25, -0.2) is 4.98 Å². The summed E-state index contributed by atoms with van der Waals surface area (Å²) in [6.07, 6.45) is 4.85. The van der Waals surface area contributed by atoms with Crippen LogP contribution in [-0.4, -0.2) is 56.9 Å². The van der Waals surface area contributed by atoms with E-state index in [1.807, 2.05) is 42.6 Å². The van der Waals surface area contributed by atoms with Crippen molar-refractivity contribution in [2.24, 2.45) is 4.99 Å². The largest absolute Gasteiger partial charge is 0.497 e. The second-order valence-electron chi connectivity index (χ2n) is 7.24. The zero-order valence-corrected chi connectivity index (χ0v) is 18.0. The minimum Gasteiger partial charge on any atom is -0.497 e. The van der Waals surface area contributed by atoms with Gasteiger partial charge in [-0.1, -0.05) is 12.1 Å². The van der Waals surface area contributed by atoms with E-state index in [9.17, 15) is 0 Å². The first-order chi connectivity index (χ1) is 14.8. The molecule has 1 aliphatic heterocycles. The maximum atomic E-state index is 5.79. The number of methoxy groups -OCH3 is 1. The minimum absolute atomic E-state index is 0.427. The van der Waals surface area contributed by atoms with Gasteiger partial charge in [0.15, 0.2) is 5.96 Å². The van der Waals surface area contributed by atoms with Crippen LogP contribution in [0.25, 0.3) is 0 Å². The Morgan fingerprint density at radius 2 is 2.00 bits per heavy atom. The van der Waals surface area contributed by atoms with Crippen LogP contribution in [0.1, 0.15) is 26.2 Å². The Morgan fingerprint density at radius 1 is 1.17 bits per heavy atom. The van der Waals surface area contributed by atoms with E-state index in [1.165, 1.54) is 0 Å². The van der Waals surface area contributed by atoms with Crippen LogP contribution in [0.5, 0.6) is 11.5 Å². The molecule has 1 saturated heterocycles. The van der Waals surface area contributed by atoms with Gasteiger partial charge in [-0.05, 0) is 44.0 Å². The molecular formula is C23H33N5O2. The molecule has 0 spiro atoms. The molecule has 0 unspecified atom stereocenters. The summed E-state index contributed by atoms with van der Waals surface area (Å²) in [5.41, 5.74) is 0. The quantitative estimate of drug-likeness (QED) is 0.375. The van der Waals surface area contributed by atoms with Crippen LogP contribution in [0.15, 0.2) is 53.7 Å². The monoisotopic (exact) mass is 411 g/mol. The number of aliphatic imine (C=N–C) groups is 1. The number of nitrogens with one attached hydrogen (secondary N) is 2. The second-order valence-corrected chi connectivity index (χ2v) is 7.24. The van der Waals surface area contributed by atoms with Crippen LogP contribution < -0.4 is 25.0 Å². The number of piperidine rings is 1. The highest BCUT2D eigenvalue weighted by Gasteiger charge is 2.20. The predicted molar refractivity (Wildman–Crippen MR) is 122 cm³/mol. The molecule has 2 heterocycles. The van der Waals surface area contributed by atoms with Crippen molar-refractivity contribution >= 4 is 11.8 Å². The van der Waals surface area contributed by atoms with E-state index >= 15 is 0 Å². The molecule has 0 aliphatic carbocycles. The van der Waals surface area contributed by atoms with E-state index in [0.29, 0.717) is 19.2 Å². The summed E-state index contributed by atoms with van der Waals surface area (Å²) in [5, 5.41) is 6.94. The molecular weight excluding hydrogens is 378 g/mol. The minimum atomic E-state index is 0.427. The van der Waals surface area contributed by atoms with Crippen molar-refractivity contribution < 1.29 is 9.47 Å². The fourth-order valence-corrected chi connectivity index (χ4v) is 3.44. The van der Waals surface area contributed by atoms with Gasteiger partial charge in [0, 0.05) is 50.9 Å². The van der Waals surface area contributed by atoms with Crippen LogP contribution in [0.3, 0.4) is 0 Å². The predicted octanol–water partition coefficient (Wildman–Crippen LogP) is 3.08. The van der Waals surface area contributed by atoms with Crippen molar-refractivity contribution in [2.45, 2.75) is 32.2 Å². The normalized spacial score (nSPS) is 15.0. The Balaban J connectivity index is 1.40. The average molecular weight is 412 g/mol. The molecule has 1 aromatic carbocycles. The van der Waals surface area contributed by atoms with Crippen LogP contribution in [-0.2, 0) is 0 Å². The smallest absolute Gasteiger partial charge is 0.191 e. The zero-order chi connectivity index (χ0) is 21.0. The molecule has 2 N–H and O–H groups in total. The summed E-state index contributed by atoms with van der Waals surface area (Å²) in [5.74, 6) is 3.57. The summed E-state index contributed by atoms with van der Waals surface area (Å²) in [4.78, 5) is 11.5. The molecule has 162 valence electrons. The first-order valence-corrected chi connectivity index (χ1v) is 10.8. The summed E-state index contributed by atoms with van der Waals surface area (Å²) in [6.45, 7) is 6.28. The number of guanidine groups is 1. The van der Waals surface area contributed by atoms with E-state index in [2.05, 4.69) is 33.5 Å². The van der Waals surface area contributed by atoms with Crippen molar-refractivity contribution in [3.8, 4) is 11.5 Å². The highest BCUT2D eigenvalue weighted by Crippen LogP contribution is 2.19. The molecule has 1 fully saturated rings. The van der Waals surface area contributed by atoms with Gasteiger partial charge in [-0.2, -0.15) is 0 Å². The Hall–Kier alpha value is -2.96. The summed E-state index contributed by atoms with van der Waals surface area (Å²) < 4.78 is 11.0. The number of benzene rings is 1. The molecule has 0 amide bonds. The van der Waals surface area contributed by atoms with Gasteiger partial charge in [-0.15, -0.1) is 0 Å². The van der Waals surface area contributed by atoms with Gasteiger partial charge >= 0.3 is 0 Å². The number of aromatic nitrogens is 1. The Bertz CT molecular complexity index is 776. The highest BCUT2D eigenvalue weighted by atomic mass is 16.5.